The summed E-state index contributed by atoms with van der Waals surface area (Å²) in [5.41, 5.74) is 0. The normalized spacial score (nSPS) is 14.3. The third-order valence-corrected chi connectivity index (χ3v) is 1.39. The first-order chi connectivity index (χ1) is 7.54. The van der Waals surface area contributed by atoms with Crippen molar-refractivity contribution in [2.45, 2.75) is 32.6 Å². The number of aliphatic carboxylic acids is 1. The Morgan fingerprint density at radius 2 is 1.75 bits per heavy atom. The highest BCUT2D eigenvalue weighted by Crippen LogP contribution is 2.06. The molecule has 0 atom stereocenters. The lowest BCUT2D eigenvalue weighted by molar-refractivity contribution is -0.142. The predicted octanol–water partition coefficient (Wildman–Crippen LogP) is 0.166. The molecule has 1 saturated heterocycles. The molecule has 1 heterocycles. The minimum absolute atomic E-state index is 0.0255. The number of rotatable bonds is 1. The van der Waals surface area contributed by atoms with Gasteiger partial charge < -0.3 is 20.1 Å². The van der Waals surface area contributed by atoms with Crippen LogP contribution in [0.4, 0.5) is 0 Å². The molecule has 0 saturated carbocycles. The number of carboxylic acids is 1. The fourth-order valence-corrected chi connectivity index (χ4v) is 0.806. The van der Waals surface area contributed by atoms with Crippen molar-refractivity contribution in [3.05, 3.63) is 0 Å². The van der Waals surface area contributed by atoms with Gasteiger partial charge in [-0.1, -0.05) is 0 Å². The van der Waals surface area contributed by atoms with Crippen LogP contribution in [-0.4, -0.2) is 47.1 Å². The van der Waals surface area contributed by atoms with Crippen molar-refractivity contribution in [3.8, 4) is 0 Å². The van der Waals surface area contributed by atoms with E-state index in [0.717, 1.165) is 26.2 Å². The van der Waals surface area contributed by atoms with Gasteiger partial charge >= 0.3 is 5.97 Å². The van der Waals surface area contributed by atoms with Gasteiger partial charge in [-0.2, -0.15) is 0 Å². The highest BCUT2D eigenvalue weighted by molar-refractivity contribution is 5.69. The van der Waals surface area contributed by atoms with Gasteiger partial charge in [0.1, 0.15) is 0 Å². The average molecular weight is 236 g/mol. The Morgan fingerprint density at radius 3 is 2.19 bits per heavy atom. The predicted molar refractivity (Wildman–Crippen MR) is 56.9 cm³/mol. The largest absolute Gasteiger partial charge is 0.481 e. The van der Waals surface area contributed by atoms with E-state index in [1.807, 2.05) is 0 Å². The van der Waals surface area contributed by atoms with E-state index in [1.54, 1.807) is 0 Å². The van der Waals surface area contributed by atoms with E-state index in [0.29, 0.717) is 13.0 Å². The SMILES string of the molecule is CC(=O)O.O=C1CCCCCO1.OCCO. The summed E-state index contributed by atoms with van der Waals surface area (Å²) in [5, 5.41) is 22.7. The zero-order chi connectivity index (χ0) is 12.8. The van der Waals surface area contributed by atoms with E-state index in [-0.39, 0.29) is 19.2 Å². The van der Waals surface area contributed by atoms with Crippen molar-refractivity contribution in [1.29, 1.82) is 0 Å². The smallest absolute Gasteiger partial charge is 0.305 e. The molecule has 0 spiro atoms. The Morgan fingerprint density at radius 1 is 1.25 bits per heavy atom. The van der Waals surface area contributed by atoms with Crippen LogP contribution in [0.2, 0.25) is 0 Å². The van der Waals surface area contributed by atoms with Crippen molar-refractivity contribution >= 4 is 11.9 Å². The average Bonchev–Trinajstić information content (AvgIpc) is 2.45. The van der Waals surface area contributed by atoms with Crippen LogP contribution in [0, 0.1) is 0 Å². The summed E-state index contributed by atoms with van der Waals surface area (Å²) in [6.07, 6.45) is 3.83. The molecule has 6 nitrogen and oxygen atoms in total. The van der Waals surface area contributed by atoms with Gasteiger partial charge in [-0.3, -0.25) is 9.59 Å². The summed E-state index contributed by atoms with van der Waals surface area (Å²) < 4.78 is 4.76. The summed E-state index contributed by atoms with van der Waals surface area (Å²) in [7, 11) is 0. The quantitative estimate of drug-likeness (QED) is 0.560. The monoisotopic (exact) mass is 236 g/mol. The lowest BCUT2D eigenvalue weighted by atomic mass is 10.2. The van der Waals surface area contributed by atoms with Crippen molar-refractivity contribution in [3.63, 3.8) is 0 Å². The second-order valence-electron chi connectivity index (χ2n) is 3.00. The van der Waals surface area contributed by atoms with Gasteiger partial charge in [0, 0.05) is 13.3 Å². The van der Waals surface area contributed by atoms with Gasteiger partial charge in [-0.15, -0.1) is 0 Å². The fourth-order valence-electron chi connectivity index (χ4n) is 0.806. The van der Waals surface area contributed by atoms with Gasteiger partial charge in [0.05, 0.1) is 19.8 Å². The zero-order valence-corrected chi connectivity index (χ0v) is 9.52. The standard InChI is InChI=1S/C6H10O2.C2H4O2.C2H6O2/c7-6-4-2-1-3-5-8-6;1-2(3)4;3-1-2-4/h1-5H2;1H3,(H,3,4);3-4H,1-2H2. The maximum absolute atomic E-state index is 10.5. The molecule has 0 unspecified atom stereocenters. The lowest BCUT2D eigenvalue weighted by Gasteiger charge is -1.93. The molecule has 0 aromatic rings. The first-order valence-electron chi connectivity index (χ1n) is 5.11. The molecule has 1 fully saturated rings. The number of carbonyl (C=O) groups is 2. The third-order valence-electron chi connectivity index (χ3n) is 1.39. The van der Waals surface area contributed by atoms with E-state index in [1.165, 1.54) is 0 Å². The van der Waals surface area contributed by atoms with Crippen LogP contribution in [0.5, 0.6) is 0 Å². The van der Waals surface area contributed by atoms with E-state index in [9.17, 15) is 4.79 Å². The highest BCUT2D eigenvalue weighted by Gasteiger charge is 2.05. The van der Waals surface area contributed by atoms with Crippen LogP contribution in [0.3, 0.4) is 0 Å². The second-order valence-corrected chi connectivity index (χ2v) is 3.00. The van der Waals surface area contributed by atoms with Crippen LogP contribution in [0.25, 0.3) is 0 Å². The van der Waals surface area contributed by atoms with Crippen molar-refractivity contribution < 1.29 is 29.6 Å². The van der Waals surface area contributed by atoms with Crippen LogP contribution >= 0.6 is 0 Å². The molecule has 3 N–H and O–H groups in total. The Balaban J connectivity index is 0. The molecular weight excluding hydrogens is 216 g/mol. The van der Waals surface area contributed by atoms with Crippen molar-refractivity contribution in [2.75, 3.05) is 19.8 Å². The van der Waals surface area contributed by atoms with Crippen LogP contribution in [0.1, 0.15) is 32.6 Å². The number of hydrogen-bond acceptors (Lipinski definition) is 5. The van der Waals surface area contributed by atoms with Crippen LogP contribution in [0.15, 0.2) is 0 Å². The molecule has 1 rings (SSSR count). The van der Waals surface area contributed by atoms with Crippen molar-refractivity contribution in [2.24, 2.45) is 0 Å². The molecule has 1 aliphatic rings. The number of carbonyl (C=O) groups excluding carboxylic acids is 1. The summed E-state index contributed by atoms with van der Waals surface area (Å²) in [6, 6.07) is 0. The van der Waals surface area contributed by atoms with E-state index in [2.05, 4.69) is 0 Å². The van der Waals surface area contributed by atoms with Crippen LogP contribution < -0.4 is 0 Å². The molecule has 6 heteroatoms. The maximum Gasteiger partial charge on any atom is 0.305 e. The summed E-state index contributed by atoms with van der Waals surface area (Å²) in [6.45, 7) is 1.47. The van der Waals surface area contributed by atoms with Gasteiger partial charge in [0.2, 0.25) is 0 Å². The first kappa shape index (κ1) is 17.3. The molecule has 16 heavy (non-hydrogen) atoms. The molecule has 96 valence electrons. The highest BCUT2D eigenvalue weighted by atomic mass is 16.5. The van der Waals surface area contributed by atoms with Gasteiger partial charge in [-0.05, 0) is 19.3 Å². The van der Waals surface area contributed by atoms with Gasteiger partial charge in [-0.25, -0.2) is 0 Å². The number of ether oxygens (including phenoxy) is 1. The minimum atomic E-state index is -0.833. The Bertz CT molecular complexity index is 164. The summed E-state index contributed by atoms with van der Waals surface area (Å²) in [4.78, 5) is 19.5. The number of aliphatic hydroxyl groups excluding tert-OH is 2. The van der Waals surface area contributed by atoms with Crippen LogP contribution in [-0.2, 0) is 14.3 Å². The molecule has 0 bridgehead atoms. The molecule has 1 aliphatic heterocycles. The summed E-state index contributed by atoms with van der Waals surface area (Å²) >= 11 is 0. The third kappa shape index (κ3) is 23.0. The lowest BCUT2D eigenvalue weighted by Crippen LogP contribution is -2.00. The molecule has 0 aliphatic carbocycles. The number of carboxylic acid groups (broad SMARTS) is 1. The van der Waals surface area contributed by atoms with Crippen molar-refractivity contribution in [1.82, 2.24) is 0 Å². The van der Waals surface area contributed by atoms with Gasteiger partial charge in [0.25, 0.3) is 5.97 Å². The Kier molecular flexibility index (Phi) is 15.0. The molecule has 0 aromatic heterocycles. The van der Waals surface area contributed by atoms with E-state index < -0.39 is 5.97 Å². The number of hydrogen-bond donors (Lipinski definition) is 3. The summed E-state index contributed by atoms with van der Waals surface area (Å²) in [5.74, 6) is -0.859. The Hall–Kier alpha value is -1.14. The second kappa shape index (κ2) is 13.9. The van der Waals surface area contributed by atoms with Gasteiger partial charge in [0.15, 0.2) is 0 Å². The van der Waals surface area contributed by atoms with E-state index in [4.69, 9.17) is 24.9 Å². The molecule has 0 amide bonds. The fraction of sp³-hybridized carbons (Fsp3) is 0.800. The first-order valence-corrected chi connectivity index (χ1v) is 5.11. The molecule has 0 aromatic carbocycles. The maximum atomic E-state index is 10.5. The number of cyclic esters (lactones) is 1. The zero-order valence-electron chi connectivity index (χ0n) is 9.52. The number of aliphatic hydroxyl groups is 2. The topological polar surface area (TPSA) is 104 Å². The Labute approximate surface area is 94.8 Å². The molecular formula is C10H20O6. The number of esters is 1. The minimum Gasteiger partial charge on any atom is -0.481 e. The molecule has 0 radical (unpaired) electrons. The van der Waals surface area contributed by atoms with E-state index >= 15 is 0 Å².